The van der Waals surface area contributed by atoms with Gasteiger partial charge >= 0.3 is 0 Å². The number of carbonyl (C=O) groups excluding carboxylic acids is 1. The van der Waals surface area contributed by atoms with E-state index in [-0.39, 0.29) is 16.2 Å². The Hall–Kier alpha value is -1.95. The van der Waals surface area contributed by atoms with Gasteiger partial charge in [0.1, 0.15) is 4.91 Å². The Balaban J connectivity index is 1.98. The molecular weight excluding hydrogens is 444 g/mol. The number of carbonyl (C=O) groups is 1. The zero-order valence-corrected chi connectivity index (χ0v) is 17.0. The normalized spacial score (nSPS) is 15.7. The Labute approximate surface area is 164 Å². The van der Waals surface area contributed by atoms with E-state index in [0.717, 1.165) is 5.06 Å². The van der Waals surface area contributed by atoms with Gasteiger partial charge in [-0.3, -0.25) is 18.7 Å². The highest BCUT2D eigenvalue weighted by Gasteiger charge is 2.30. The summed E-state index contributed by atoms with van der Waals surface area (Å²) in [5, 5.41) is 1.02. The van der Waals surface area contributed by atoms with Gasteiger partial charge in [-0.05, 0) is 30.4 Å². The number of benzene rings is 1. The van der Waals surface area contributed by atoms with E-state index in [2.05, 4.69) is 25.4 Å². The maximum atomic E-state index is 12.9. The molecule has 0 unspecified atom stereocenters. The number of rotatable bonds is 5. The fourth-order valence-corrected chi connectivity index (χ4v) is 4.64. The van der Waals surface area contributed by atoms with E-state index in [4.69, 9.17) is 4.84 Å². The minimum atomic E-state index is -3.93. The van der Waals surface area contributed by atoms with E-state index >= 15 is 0 Å². The molecule has 1 aromatic rings. The number of hydrogen-bond acceptors (Lipinski definition) is 7. The Morgan fingerprint density at radius 3 is 2.92 bits per heavy atom. The predicted octanol–water partition coefficient (Wildman–Crippen LogP) is 2.55. The first-order valence-electron chi connectivity index (χ1n) is 7.29. The first-order valence-corrected chi connectivity index (χ1v) is 10.3. The van der Waals surface area contributed by atoms with Crippen molar-refractivity contribution >= 4 is 49.7 Å². The highest BCUT2D eigenvalue weighted by Crippen LogP contribution is 2.34. The van der Waals surface area contributed by atoms with Gasteiger partial charge in [0.15, 0.2) is 0 Å². The van der Waals surface area contributed by atoms with Crippen LogP contribution < -0.4 is 9.44 Å². The number of hydroxylamine groups is 2. The van der Waals surface area contributed by atoms with E-state index in [1.54, 1.807) is 28.8 Å². The molecule has 2 aliphatic rings. The van der Waals surface area contributed by atoms with Crippen molar-refractivity contribution in [3.05, 3.63) is 63.4 Å². The minimum Gasteiger partial charge on any atom is -0.316 e. The molecule has 1 amide bonds. The summed E-state index contributed by atoms with van der Waals surface area (Å²) >= 11 is 4.55. The summed E-state index contributed by atoms with van der Waals surface area (Å²) in [5.41, 5.74) is 0.814. The van der Waals surface area contributed by atoms with Crippen molar-refractivity contribution in [1.29, 1.82) is 0 Å². The Morgan fingerprint density at radius 2 is 2.19 bits per heavy atom. The molecule has 0 aromatic heterocycles. The largest absolute Gasteiger partial charge is 0.316 e. The summed E-state index contributed by atoms with van der Waals surface area (Å²) in [6, 6.07) is 4.70. The van der Waals surface area contributed by atoms with Crippen molar-refractivity contribution < 1.29 is 18.0 Å². The van der Waals surface area contributed by atoms with Crippen LogP contribution in [0.4, 0.5) is 5.69 Å². The van der Waals surface area contributed by atoms with Crippen molar-refractivity contribution in [3.8, 4) is 0 Å². The topological polar surface area (TPSA) is 91.0 Å². The average Bonchev–Trinajstić information content (AvgIpc) is 3.08. The van der Waals surface area contributed by atoms with Gasteiger partial charge in [0.25, 0.3) is 15.9 Å². The van der Waals surface area contributed by atoms with Gasteiger partial charge in [-0.15, -0.1) is 0 Å². The second-order valence-corrected chi connectivity index (χ2v) is 8.60. The van der Waals surface area contributed by atoms with Gasteiger partial charge in [0, 0.05) is 23.9 Å². The van der Waals surface area contributed by atoms with Crippen molar-refractivity contribution in [2.24, 2.45) is 0 Å². The van der Waals surface area contributed by atoms with Crippen LogP contribution in [-0.4, -0.2) is 37.9 Å². The number of halogens is 1. The van der Waals surface area contributed by atoms with E-state index in [9.17, 15) is 13.2 Å². The number of amides is 1. The summed E-state index contributed by atoms with van der Waals surface area (Å²) in [5.74, 6) is -0.478. The molecule has 2 heterocycles. The van der Waals surface area contributed by atoms with Crippen LogP contribution >= 0.6 is 28.1 Å². The number of nitrogens with one attached hydrogen (secondary N) is 2. The Morgan fingerprint density at radius 1 is 1.42 bits per heavy atom. The number of sulfonamides is 1. The predicted molar refractivity (Wildman–Crippen MR) is 104 cm³/mol. The molecule has 1 aromatic carbocycles. The number of hydrogen-bond donors (Lipinski definition) is 2. The summed E-state index contributed by atoms with van der Waals surface area (Å²) in [6.07, 6.45) is 6.48. The lowest BCUT2D eigenvalue weighted by Gasteiger charge is -2.22. The summed E-state index contributed by atoms with van der Waals surface area (Å²) in [4.78, 5) is 17.4. The van der Waals surface area contributed by atoms with Gasteiger partial charge in [-0.2, -0.15) is 0 Å². The second kappa shape index (κ2) is 7.35. The van der Waals surface area contributed by atoms with E-state index in [0.29, 0.717) is 10.2 Å². The molecule has 0 spiro atoms. The average molecular weight is 459 g/mol. The summed E-state index contributed by atoms with van der Waals surface area (Å²) in [7, 11) is -1.13. The van der Waals surface area contributed by atoms with Crippen molar-refractivity contribution in [2.75, 3.05) is 18.9 Å². The monoisotopic (exact) mass is 458 g/mol. The number of nitrogens with zero attached hydrogens (tertiary/aromatic N) is 2. The molecular formula is C15H15BrN4O4S2. The zero-order valence-electron chi connectivity index (χ0n) is 13.8. The molecule has 11 heteroatoms. The van der Waals surface area contributed by atoms with E-state index in [1.165, 1.54) is 44.5 Å². The molecule has 0 aliphatic carbocycles. The van der Waals surface area contributed by atoms with Crippen LogP contribution in [0.2, 0.25) is 0 Å². The quantitative estimate of drug-likeness (QED) is 0.517. The highest BCUT2D eigenvalue weighted by molar-refractivity contribution is 9.10. The van der Waals surface area contributed by atoms with Crippen LogP contribution in [0, 0.1) is 0 Å². The third kappa shape index (κ3) is 3.61. The lowest BCUT2D eigenvalue weighted by atomic mass is 10.2. The molecule has 2 aliphatic heterocycles. The maximum absolute atomic E-state index is 12.9. The lowest BCUT2D eigenvalue weighted by Crippen LogP contribution is -2.27. The second-order valence-electron chi connectivity index (χ2n) is 5.22. The molecule has 0 atom stereocenters. The molecule has 0 saturated heterocycles. The smallest absolute Gasteiger partial charge is 0.279 e. The van der Waals surface area contributed by atoms with Gasteiger partial charge in [0.2, 0.25) is 0 Å². The SMILES string of the molecule is CON(C)C(=O)c1ccc(Br)cc1NS(=O)(=O)C1=CC=CN2SNC=C12. The standard InChI is InChI=1S/C15H15BrN4O4S2/c1-19(24-2)15(21)11-6-5-10(16)8-12(11)18-26(22,23)14-4-3-7-20-13(14)9-17-25-20/h3-9,17-18H,1-2H3. The maximum Gasteiger partial charge on any atom is 0.279 e. The third-order valence-electron chi connectivity index (χ3n) is 3.61. The summed E-state index contributed by atoms with van der Waals surface area (Å²) < 4.78 is 33.6. The van der Waals surface area contributed by atoms with E-state index in [1.807, 2.05) is 0 Å². The molecule has 0 bridgehead atoms. The minimum absolute atomic E-state index is 0.0935. The van der Waals surface area contributed by atoms with Gasteiger partial charge < -0.3 is 4.72 Å². The highest BCUT2D eigenvalue weighted by atomic mass is 79.9. The molecule has 2 N–H and O–H groups in total. The summed E-state index contributed by atoms with van der Waals surface area (Å²) in [6.45, 7) is 0. The van der Waals surface area contributed by atoms with Crippen molar-refractivity contribution in [3.63, 3.8) is 0 Å². The van der Waals surface area contributed by atoms with Crippen molar-refractivity contribution in [2.45, 2.75) is 0 Å². The molecule has 3 rings (SSSR count). The molecule has 0 radical (unpaired) electrons. The van der Waals surface area contributed by atoms with Gasteiger partial charge in [-0.25, -0.2) is 13.5 Å². The first kappa shape index (κ1) is 18.8. The molecule has 138 valence electrons. The Bertz CT molecular complexity index is 943. The van der Waals surface area contributed by atoms with Gasteiger partial charge in [0.05, 0.1) is 36.2 Å². The van der Waals surface area contributed by atoms with Crippen LogP contribution in [0.3, 0.4) is 0 Å². The van der Waals surface area contributed by atoms with E-state index < -0.39 is 15.9 Å². The van der Waals surface area contributed by atoms with Crippen LogP contribution in [0.25, 0.3) is 0 Å². The number of anilines is 1. The Kier molecular flexibility index (Phi) is 5.32. The van der Waals surface area contributed by atoms with Crippen LogP contribution in [-0.2, 0) is 14.9 Å². The fourth-order valence-electron chi connectivity index (χ4n) is 2.30. The van der Waals surface area contributed by atoms with Crippen LogP contribution in [0.1, 0.15) is 10.4 Å². The molecule has 26 heavy (non-hydrogen) atoms. The van der Waals surface area contributed by atoms with Crippen molar-refractivity contribution in [1.82, 2.24) is 14.1 Å². The number of allylic oxidation sites excluding steroid dienone is 2. The lowest BCUT2D eigenvalue weighted by molar-refractivity contribution is -0.0756. The van der Waals surface area contributed by atoms with Crippen LogP contribution in [0.15, 0.2) is 57.8 Å². The van der Waals surface area contributed by atoms with Crippen LogP contribution in [0.5, 0.6) is 0 Å². The fraction of sp³-hybridized carbons (Fsp3) is 0.133. The molecule has 0 saturated carbocycles. The molecule has 0 fully saturated rings. The number of fused-ring (bicyclic) bond motifs is 1. The molecule has 8 nitrogen and oxygen atoms in total. The zero-order chi connectivity index (χ0) is 18.9. The third-order valence-corrected chi connectivity index (χ3v) is 6.26. The first-order chi connectivity index (χ1) is 12.3. The van der Waals surface area contributed by atoms with Gasteiger partial charge in [-0.1, -0.05) is 15.9 Å².